The Morgan fingerprint density at radius 1 is 0.359 bits per heavy atom. The highest BCUT2D eigenvalue weighted by Crippen LogP contribution is 2.24. The van der Waals surface area contributed by atoms with Gasteiger partial charge in [-0.15, -0.1) is 0 Å². The monoisotopic (exact) mass is 1350 g/mol. The van der Waals surface area contributed by atoms with E-state index in [1.165, 1.54) is 0 Å². The summed E-state index contributed by atoms with van der Waals surface area (Å²) in [6.07, 6.45) is 27.1. The molecular formula is C72H138N4O14S2. The normalized spacial score (nSPS) is 14.5. The minimum atomic E-state index is -0.568. The summed E-state index contributed by atoms with van der Waals surface area (Å²) in [5, 5.41) is 44.3. The topological polar surface area (TPSA) is 225 Å². The molecule has 4 N–H and O–H groups in total. The number of carbonyl (C=O) groups excluding carboxylic acids is 5. The summed E-state index contributed by atoms with van der Waals surface area (Å²) in [5.74, 6) is 2.21. The third-order valence-corrected chi connectivity index (χ3v) is 20.3. The Morgan fingerprint density at radius 2 is 0.674 bits per heavy atom. The van der Waals surface area contributed by atoms with E-state index in [9.17, 15) is 44.4 Å². The van der Waals surface area contributed by atoms with Crippen molar-refractivity contribution < 1.29 is 68.1 Å². The number of carbonyl (C=O) groups is 5. The van der Waals surface area contributed by atoms with Gasteiger partial charge in [-0.2, -0.15) is 0 Å². The number of hydrogen-bond donors (Lipinski definition) is 4. The van der Waals surface area contributed by atoms with Gasteiger partial charge in [0, 0.05) is 109 Å². The molecule has 0 amide bonds. The second-order valence-corrected chi connectivity index (χ2v) is 28.9. The molecule has 542 valence electrons. The molecule has 4 atom stereocenters. The zero-order valence-electron chi connectivity index (χ0n) is 59.3. The van der Waals surface area contributed by atoms with Gasteiger partial charge in [-0.05, 0) is 108 Å². The van der Waals surface area contributed by atoms with E-state index in [2.05, 4.69) is 61.1 Å². The Hall–Kier alpha value is -2.27. The van der Waals surface area contributed by atoms with Crippen LogP contribution in [0.5, 0.6) is 0 Å². The molecule has 0 aromatic carbocycles. The predicted molar refractivity (Wildman–Crippen MR) is 377 cm³/mol. The number of nitrogens with zero attached hydrogens (tertiary/aromatic N) is 4. The van der Waals surface area contributed by atoms with Crippen molar-refractivity contribution >= 4 is 51.4 Å². The van der Waals surface area contributed by atoms with Gasteiger partial charge in [0.2, 0.25) is 0 Å². The van der Waals surface area contributed by atoms with Crippen LogP contribution < -0.4 is 0 Å². The molecule has 18 nitrogen and oxygen atoms in total. The van der Waals surface area contributed by atoms with E-state index >= 15 is 0 Å². The molecule has 0 saturated carbocycles. The summed E-state index contributed by atoms with van der Waals surface area (Å²) in [6, 6.07) is 0. The molecule has 0 aliphatic carbocycles. The molecule has 1 rings (SSSR count). The summed E-state index contributed by atoms with van der Waals surface area (Å²) >= 11 is 0. The van der Waals surface area contributed by atoms with Gasteiger partial charge >= 0.3 is 29.8 Å². The number of rotatable bonds is 66. The third kappa shape index (κ3) is 53.8. The van der Waals surface area contributed by atoms with Crippen LogP contribution in [0, 0.1) is 11.8 Å². The fraction of sp³-hybridized carbons (Fsp3) is 0.931. The van der Waals surface area contributed by atoms with Crippen molar-refractivity contribution in [2.45, 2.75) is 297 Å². The van der Waals surface area contributed by atoms with Crippen LogP contribution in [0.3, 0.4) is 0 Å². The Labute approximate surface area is 568 Å². The summed E-state index contributed by atoms with van der Waals surface area (Å²) in [5.41, 5.74) is 0. The van der Waals surface area contributed by atoms with Crippen LogP contribution >= 0.6 is 21.6 Å². The highest BCUT2D eigenvalue weighted by molar-refractivity contribution is 8.76. The molecule has 92 heavy (non-hydrogen) atoms. The van der Waals surface area contributed by atoms with Crippen molar-refractivity contribution in [1.29, 1.82) is 0 Å². The van der Waals surface area contributed by atoms with E-state index in [0.29, 0.717) is 142 Å². The van der Waals surface area contributed by atoms with Gasteiger partial charge in [0.15, 0.2) is 0 Å². The molecule has 1 fully saturated rings. The summed E-state index contributed by atoms with van der Waals surface area (Å²) in [4.78, 5) is 70.4. The van der Waals surface area contributed by atoms with E-state index in [1.807, 2.05) is 21.6 Å². The van der Waals surface area contributed by atoms with Crippen LogP contribution in [0.15, 0.2) is 0 Å². The fourth-order valence-corrected chi connectivity index (χ4v) is 13.5. The van der Waals surface area contributed by atoms with Gasteiger partial charge in [0.25, 0.3) is 0 Å². The second-order valence-electron chi connectivity index (χ2n) is 26.2. The van der Waals surface area contributed by atoms with Gasteiger partial charge < -0.3 is 44.1 Å². The molecule has 0 spiro atoms. The van der Waals surface area contributed by atoms with Gasteiger partial charge in [-0.3, -0.25) is 43.6 Å². The first-order chi connectivity index (χ1) is 44.6. The maximum absolute atomic E-state index is 12.9. The third-order valence-electron chi connectivity index (χ3n) is 17.9. The number of ether oxygens (including phenoxy) is 5. The molecular weight excluding hydrogens is 1210 g/mol. The van der Waals surface area contributed by atoms with Gasteiger partial charge in [-0.1, -0.05) is 179 Å². The smallest absolute Gasteiger partial charge is 0.305 e. The number of unbranched alkanes of at least 4 members (excludes halogenated alkanes) is 15. The Balaban J connectivity index is 2.47. The first kappa shape index (κ1) is 87.7. The van der Waals surface area contributed by atoms with Crippen LogP contribution in [0.2, 0.25) is 0 Å². The molecule has 4 unspecified atom stereocenters. The van der Waals surface area contributed by atoms with E-state index < -0.39 is 24.4 Å². The van der Waals surface area contributed by atoms with Crippen LogP contribution in [0.4, 0.5) is 0 Å². The average molecular weight is 1350 g/mol. The quantitative estimate of drug-likeness (QED) is 0.0192. The molecule has 1 saturated heterocycles. The summed E-state index contributed by atoms with van der Waals surface area (Å²) < 4.78 is 27.2. The predicted octanol–water partition coefficient (Wildman–Crippen LogP) is 13.1. The number of aliphatic hydroxyl groups excluding tert-OH is 4. The Morgan fingerprint density at radius 3 is 1.04 bits per heavy atom. The van der Waals surface area contributed by atoms with Crippen LogP contribution in [0.1, 0.15) is 273 Å². The molecule has 0 aromatic heterocycles. The van der Waals surface area contributed by atoms with Crippen LogP contribution in [-0.4, -0.2) is 217 Å². The van der Waals surface area contributed by atoms with Crippen molar-refractivity contribution in [2.24, 2.45) is 11.8 Å². The van der Waals surface area contributed by atoms with Crippen molar-refractivity contribution in [3.8, 4) is 0 Å². The van der Waals surface area contributed by atoms with Gasteiger partial charge in [0.1, 0.15) is 6.61 Å². The van der Waals surface area contributed by atoms with Crippen molar-refractivity contribution in [3.05, 3.63) is 0 Å². The lowest BCUT2D eigenvalue weighted by molar-refractivity contribution is -0.146. The number of hydrogen-bond acceptors (Lipinski definition) is 20. The Bertz CT molecular complexity index is 1660. The van der Waals surface area contributed by atoms with Crippen LogP contribution in [0.25, 0.3) is 0 Å². The van der Waals surface area contributed by atoms with Gasteiger partial charge in [0.05, 0.1) is 50.8 Å². The maximum atomic E-state index is 12.9. The molecule has 0 aromatic rings. The number of piperazine rings is 1. The lowest BCUT2D eigenvalue weighted by Crippen LogP contribution is -2.47. The SMILES string of the molecule is CCCCOC(=O)CCCCCCC(O)CN(CCCCSSCCN1CCN(CCOC(=O)CCCN(CC(O)CCCCCCC(=O)OCC(CC)CC)CC(O)CCCCCCC(=O)OCC(CC)CC)CC1)CC(O)CCCCCCC(=O)OCCCC. The first-order valence-corrected chi connectivity index (χ1v) is 39.8. The first-order valence-electron chi connectivity index (χ1n) is 37.3. The van der Waals surface area contributed by atoms with E-state index in [-0.39, 0.29) is 36.3 Å². The molecule has 1 aliphatic heterocycles. The summed E-state index contributed by atoms with van der Waals surface area (Å²) in [6.45, 7) is 23.8. The van der Waals surface area contributed by atoms with Crippen molar-refractivity contribution in [2.75, 3.05) is 123 Å². The Kier molecular flexibility index (Phi) is 59.4. The average Bonchev–Trinajstić information content (AvgIpc) is 3.03. The van der Waals surface area contributed by atoms with Crippen molar-refractivity contribution in [3.63, 3.8) is 0 Å². The minimum Gasteiger partial charge on any atom is -0.466 e. The zero-order chi connectivity index (χ0) is 67.5. The second kappa shape index (κ2) is 62.3. The lowest BCUT2D eigenvalue weighted by Gasteiger charge is -2.34. The number of aliphatic hydroxyl groups is 4. The van der Waals surface area contributed by atoms with Crippen LogP contribution in [-0.2, 0) is 47.7 Å². The standard InChI is InChI=1S/C72H138N4O14S2/c1-7-13-51-86-68(81)38-27-19-15-23-34-64(77)56-75(57-65(78)35-24-16-20-28-39-69(82)87-52-14-8-2)43-31-32-54-91-92-55-50-74-47-45-73(46-48-74)49-53-88-70(83)42-33-44-76(58-66(79)36-25-17-21-29-40-71(84)89-60-62(9-3)10-4)59-67(80)37-26-18-22-30-41-72(85)90-61-63(11-5)12-6/h62-67,77-80H,7-61H2,1-6H3. The fourth-order valence-electron chi connectivity index (χ4n) is 11.3. The zero-order valence-corrected chi connectivity index (χ0v) is 61.0. The number of esters is 5. The lowest BCUT2D eigenvalue weighted by atomic mass is 10.1. The molecule has 1 heterocycles. The molecule has 1 aliphatic rings. The minimum absolute atomic E-state index is 0.117. The van der Waals surface area contributed by atoms with E-state index in [1.54, 1.807) is 0 Å². The van der Waals surface area contributed by atoms with E-state index in [0.717, 1.165) is 218 Å². The van der Waals surface area contributed by atoms with Gasteiger partial charge in [-0.25, -0.2) is 0 Å². The van der Waals surface area contributed by atoms with E-state index in [4.69, 9.17) is 23.7 Å². The largest absolute Gasteiger partial charge is 0.466 e. The molecule has 0 radical (unpaired) electrons. The van der Waals surface area contributed by atoms with Crippen molar-refractivity contribution in [1.82, 2.24) is 19.6 Å². The molecule has 0 bridgehead atoms. The highest BCUT2D eigenvalue weighted by Gasteiger charge is 2.21. The summed E-state index contributed by atoms with van der Waals surface area (Å²) in [7, 11) is 3.84. The highest BCUT2D eigenvalue weighted by atomic mass is 33.1. The maximum Gasteiger partial charge on any atom is 0.305 e. The molecule has 20 heteroatoms.